The van der Waals surface area contributed by atoms with Gasteiger partial charge in [0.05, 0.1) is 0 Å². The lowest BCUT2D eigenvalue weighted by atomic mass is 9.45. The molecule has 0 spiro atoms. The average molecular weight is 315 g/mol. The molecule has 4 rings (SSSR count). The van der Waals surface area contributed by atoms with E-state index in [1.807, 2.05) is 6.92 Å². The minimum absolute atomic E-state index is 0.0693. The molecule has 0 aromatic rings. The summed E-state index contributed by atoms with van der Waals surface area (Å²) in [5.41, 5.74) is 2.45. The van der Waals surface area contributed by atoms with E-state index >= 15 is 0 Å². The first-order chi connectivity index (χ1) is 10.8. The predicted molar refractivity (Wildman–Crippen MR) is 95.1 cm³/mol. The molecule has 0 aliphatic heterocycles. The molecule has 0 saturated heterocycles. The maximum absolute atomic E-state index is 12.5. The summed E-state index contributed by atoms with van der Waals surface area (Å²) in [6.07, 6.45) is 14.6. The lowest BCUT2D eigenvalue weighted by Crippen LogP contribution is -2.52. The summed E-state index contributed by atoms with van der Waals surface area (Å²) < 4.78 is 0. The minimum Gasteiger partial charge on any atom is -0.299 e. The van der Waals surface area contributed by atoms with Crippen LogP contribution in [0.2, 0.25) is 0 Å². The van der Waals surface area contributed by atoms with Crippen LogP contribution >= 0.6 is 0 Å². The predicted octanol–water partition coefficient (Wildman–Crippen LogP) is 5.93. The van der Waals surface area contributed by atoms with Crippen molar-refractivity contribution >= 4 is 5.78 Å². The van der Waals surface area contributed by atoms with E-state index in [-0.39, 0.29) is 10.8 Å². The fourth-order valence-corrected chi connectivity index (χ4v) is 7.54. The van der Waals surface area contributed by atoms with Crippen molar-refractivity contribution < 1.29 is 4.79 Å². The highest BCUT2D eigenvalue weighted by Gasteiger charge is 2.63. The van der Waals surface area contributed by atoms with Gasteiger partial charge in [0.2, 0.25) is 0 Å². The van der Waals surface area contributed by atoms with E-state index in [2.05, 4.69) is 26.8 Å². The van der Waals surface area contributed by atoms with Crippen LogP contribution in [0.15, 0.2) is 11.6 Å². The SMILES string of the molecule is CC(=O)[C@@]1(C)CC[C@H]2[C@@H]3CC=C4CCCC[C@]4(C)[C@H]3CC[C@@]21C. The van der Waals surface area contributed by atoms with E-state index in [9.17, 15) is 4.79 Å². The van der Waals surface area contributed by atoms with Crippen LogP contribution in [-0.2, 0) is 4.79 Å². The van der Waals surface area contributed by atoms with Crippen molar-refractivity contribution in [3.63, 3.8) is 0 Å². The molecular formula is C22H34O. The quantitative estimate of drug-likeness (QED) is 0.548. The monoisotopic (exact) mass is 314 g/mol. The van der Waals surface area contributed by atoms with Gasteiger partial charge >= 0.3 is 0 Å². The van der Waals surface area contributed by atoms with Gasteiger partial charge in [-0.25, -0.2) is 0 Å². The first kappa shape index (κ1) is 15.9. The third-order valence-electron chi connectivity index (χ3n) is 9.40. The molecule has 6 atom stereocenters. The zero-order valence-electron chi connectivity index (χ0n) is 15.6. The van der Waals surface area contributed by atoms with E-state index in [1.54, 1.807) is 5.57 Å². The summed E-state index contributed by atoms with van der Waals surface area (Å²) in [5.74, 6) is 2.93. The van der Waals surface area contributed by atoms with E-state index in [0.717, 1.165) is 24.2 Å². The Bertz CT molecular complexity index is 560. The van der Waals surface area contributed by atoms with Crippen LogP contribution in [0.4, 0.5) is 0 Å². The van der Waals surface area contributed by atoms with Gasteiger partial charge in [0.25, 0.3) is 0 Å². The summed E-state index contributed by atoms with van der Waals surface area (Å²) in [4.78, 5) is 12.5. The highest BCUT2D eigenvalue weighted by atomic mass is 16.1. The molecule has 0 heterocycles. The van der Waals surface area contributed by atoms with Crippen molar-refractivity contribution in [2.75, 3.05) is 0 Å². The number of carbonyl (C=O) groups excluding carboxylic acids is 1. The molecule has 0 aromatic carbocycles. The highest BCUT2D eigenvalue weighted by molar-refractivity contribution is 5.83. The molecule has 3 fully saturated rings. The fraction of sp³-hybridized carbons (Fsp3) is 0.864. The van der Waals surface area contributed by atoms with Gasteiger partial charge < -0.3 is 0 Å². The molecule has 0 bridgehead atoms. The maximum atomic E-state index is 12.5. The molecule has 0 aromatic heterocycles. The van der Waals surface area contributed by atoms with Crippen LogP contribution in [0, 0.1) is 34.0 Å². The van der Waals surface area contributed by atoms with Crippen LogP contribution in [0.3, 0.4) is 0 Å². The third kappa shape index (κ3) is 1.89. The molecule has 0 amide bonds. The van der Waals surface area contributed by atoms with Crippen molar-refractivity contribution in [3.05, 3.63) is 11.6 Å². The van der Waals surface area contributed by atoms with Crippen LogP contribution in [0.1, 0.15) is 85.5 Å². The van der Waals surface area contributed by atoms with E-state index in [0.29, 0.717) is 11.2 Å². The van der Waals surface area contributed by atoms with Gasteiger partial charge in [-0.3, -0.25) is 4.79 Å². The number of fused-ring (bicyclic) bond motifs is 5. The van der Waals surface area contributed by atoms with E-state index < -0.39 is 0 Å². The second-order valence-corrected chi connectivity index (χ2v) is 9.85. The molecule has 23 heavy (non-hydrogen) atoms. The second kappa shape index (κ2) is 4.96. The molecule has 3 saturated carbocycles. The topological polar surface area (TPSA) is 17.1 Å². The van der Waals surface area contributed by atoms with E-state index in [4.69, 9.17) is 0 Å². The van der Waals surface area contributed by atoms with Gasteiger partial charge in [-0.05, 0) is 86.9 Å². The standard InChI is InChI=1S/C22H34O/c1-15(23)21(3)13-11-19-17-9-8-16-7-5-6-12-20(16,2)18(17)10-14-22(19,21)4/h8,17-19H,5-7,9-14H2,1-4H3/t17-,18+,19+,20+,21-,22+/m1/s1. The van der Waals surface area contributed by atoms with Crippen LogP contribution in [-0.4, -0.2) is 5.78 Å². The zero-order valence-corrected chi connectivity index (χ0v) is 15.6. The van der Waals surface area contributed by atoms with Gasteiger partial charge in [0.15, 0.2) is 0 Å². The number of hydrogen-bond donors (Lipinski definition) is 0. The Morgan fingerprint density at radius 2 is 1.78 bits per heavy atom. The first-order valence-electron chi connectivity index (χ1n) is 10.0. The minimum atomic E-state index is -0.0693. The van der Waals surface area contributed by atoms with Crippen molar-refractivity contribution in [2.24, 2.45) is 34.0 Å². The second-order valence-electron chi connectivity index (χ2n) is 9.85. The molecule has 0 unspecified atom stereocenters. The maximum Gasteiger partial charge on any atom is 0.136 e. The number of ketones is 1. The molecule has 0 N–H and O–H groups in total. The normalized spacial score (nSPS) is 52.2. The smallest absolute Gasteiger partial charge is 0.136 e. The van der Waals surface area contributed by atoms with Crippen molar-refractivity contribution in [3.8, 4) is 0 Å². The number of allylic oxidation sites excluding steroid dienone is 2. The average Bonchev–Trinajstić information content (AvgIpc) is 2.80. The van der Waals surface area contributed by atoms with Gasteiger partial charge in [-0.1, -0.05) is 38.8 Å². The Morgan fingerprint density at radius 3 is 2.52 bits per heavy atom. The summed E-state index contributed by atoms with van der Waals surface area (Å²) >= 11 is 0. The van der Waals surface area contributed by atoms with Crippen LogP contribution in [0.25, 0.3) is 0 Å². The number of carbonyl (C=O) groups is 1. The van der Waals surface area contributed by atoms with E-state index in [1.165, 1.54) is 51.4 Å². The Labute approximate surface area is 142 Å². The van der Waals surface area contributed by atoms with Gasteiger partial charge in [0.1, 0.15) is 5.78 Å². The summed E-state index contributed by atoms with van der Waals surface area (Å²) in [6, 6.07) is 0. The van der Waals surface area contributed by atoms with Crippen molar-refractivity contribution in [1.82, 2.24) is 0 Å². The molecule has 4 aliphatic rings. The summed E-state index contributed by atoms with van der Waals surface area (Å²) in [6.45, 7) is 9.17. The number of hydrogen-bond acceptors (Lipinski definition) is 1. The Balaban J connectivity index is 1.71. The van der Waals surface area contributed by atoms with Crippen molar-refractivity contribution in [2.45, 2.75) is 85.5 Å². The summed E-state index contributed by atoms with van der Waals surface area (Å²) in [7, 11) is 0. The molecular weight excluding hydrogens is 280 g/mol. The first-order valence-corrected chi connectivity index (χ1v) is 10.0. The van der Waals surface area contributed by atoms with Gasteiger partial charge in [-0.15, -0.1) is 0 Å². The lowest BCUT2D eigenvalue weighted by Gasteiger charge is -2.59. The zero-order chi connectivity index (χ0) is 16.5. The largest absolute Gasteiger partial charge is 0.299 e. The fourth-order valence-electron chi connectivity index (χ4n) is 7.54. The molecule has 4 aliphatic carbocycles. The molecule has 1 heteroatoms. The Kier molecular flexibility index (Phi) is 3.43. The Morgan fingerprint density at radius 1 is 1.04 bits per heavy atom. The number of Topliss-reactive ketones (excluding diaryl/α,β-unsaturated/α-hetero) is 1. The highest BCUT2D eigenvalue weighted by Crippen LogP contribution is 2.69. The third-order valence-corrected chi connectivity index (χ3v) is 9.40. The summed E-state index contributed by atoms with van der Waals surface area (Å²) in [5, 5.41) is 0. The molecule has 1 nitrogen and oxygen atoms in total. The Hall–Kier alpha value is -0.590. The van der Waals surface area contributed by atoms with Gasteiger partial charge in [0, 0.05) is 5.41 Å². The van der Waals surface area contributed by atoms with Crippen molar-refractivity contribution in [1.29, 1.82) is 0 Å². The lowest BCUT2D eigenvalue weighted by molar-refractivity contribution is -0.137. The van der Waals surface area contributed by atoms with Gasteiger partial charge in [-0.2, -0.15) is 0 Å². The van der Waals surface area contributed by atoms with Crippen LogP contribution in [0.5, 0.6) is 0 Å². The molecule has 0 radical (unpaired) electrons. The molecule has 128 valence electrons. The number of rotatable bonds is 1. The van der Waals surface area contributed by atoms with Crippen LogP contribution < -0.4 is 0 Å².